The quantitative estimate of drug-likeness (QED) is 0.0333. The van der Waals surface area contributed by atoms with E-state index in [4.69, 9.17) is 16.3 Å². The predicted molar refractivity (Wildman–Crippen MR) is 233 cm³/mol. The summed E-state index contributed by atoms with van der Waals surface area (Å²) in [5.74, 6) is -5.67. The minimum atomic E-state index is -5.20. The van der Waals surface area contributed by atoms with Crippen LogP contribution in [-0.2, 0) is 73.6 Å². The van der Waals surface area contributed by atoms with Crippen molar-refractivity contribution in [2.45, 2.75) is 101 Å². The van der Waals surface area contributed by atoms with Crippen molar-refractivity contribution < 1.29 is 75.4 Å². The SMILES string of the molecule is CCCC(=O)OCN(Cc1nn(CC(F)(F)F)c2c(-c3ccc(C#CC(C)(C)S(C)(=O)=O)nc3C(Cc3cc(F)cc(F)c3)NC(=O)Cn3nc(C(F)(F)F)c4c3C(F)(F)[C@@H]3C[C@H]43)ccc(Cl)c12)S(=O)[O-]. The number of aromatic nitrogens is 5. The van der Waals surface area contributed by atoms with Crippen LogP contribution in [0.2, 0.25) is 5.02 Å². The molecule has 3 aromatic heterocycles. The molecule has 1 saturated carbocycles. The number of nitrogens with one attached hydrogen (secondary N) is 1. The van der Waals surface area contributed by atoms with Crippen molar-refractivity contribution in [3.05, 3.63) is 98.7 Å². The molecular formula is C44H39ClF10N7O7S2-. The Labute approximate surface area is 405 Å². The number of hydrogen-bond acceptors (Lipinski definition) is 10. The summed E-state index contributed by atoms with van der Waals surface area (Å²) in [5, 5.41) is 9.38. The number of esters is 1. The molecule has 382 valence electrons. The largest absolute Gasteiger partial charge is 0.759 e. The molecule has 4 atom stereocenters. The van der Waals surface area contributed by atoms with Crippen LogP contribution >= 0.6 is 11.6 Å². The van der Waals surface area contributed by atoms with Crippen LogP contribution in [0, 0.1) is 29.4 Å². The lowest BCUT2D eigenvalue weighted by Gasteiger charge is -2.23. The number of halogens is 11. The zero-order valence-electron chi connectivity index (χ0n) is 37.4. The summed E-state index contributed by atoms with van der Waals surface area (Å²) < 4.78 is 201. The Bertz CT molecular complexity index is 3130. The van der Waals surface area contributed by atoms with Gasteiger partial charge in [-0.05, 0) is 80.8 Å². The third-order valence-electron chi connectivity index (χ3n) is 11.8. The van der Waals surface area contributed by atoms with E-state index in [1.165, 1.54) is 38.1 Å². The summed E-state index contributed by atoms with van der Waals surface area (Å²) >= 11 is 3.47. The second-order valence-corrected chi connectivity index (χ2v) is 21.3. The average Bonchev–Trinajstić information content (AvgIpc) is 3.76. The van der Waals surface area contributed by atoms with E-state index in [0.29, 0.717) is 21.5 Å². The van der Waals surface area contributed by atoms with Crippen molar-refractivity contribution >= 4 is 55.5 Å². The molecule has 0 spiro atoms. The summed E-state index contributed by atoms with van der Waals surface area (Å²) in [6.07, 6.45) is -10.0. The first-order chi connectivity index (χ1) is 32.9. The van der Waals surface area contributed by atoms with Crippen LogP contribution in [0.25, 0.3) is 22.0 Å². The minimum Gasteiger partial charge on any atom is -0.759 e. The van der Waals surface area contributed by atoms with Crippen molar-refractivity contribution in [3.8, 4) is 23.0 Å². The molecule has 1 fully saturated rings. The fraction of sp³-hybridized carbons (Fsp3) is 0.432. The van der Waals surface area contributed by atoms with Gasteiger partial charge in [-0.25, -0.2) is 22.2 Å². The van der Waals surface area contributed by atoms with Crippen molar-refractivity contribution in [2.75, 3.05) is 13.0 Å². The monoisotopic (exact) mass is 1070 g/mol. The number of benzene rings is 2. The van der Waals surface area contributed by atoms with Crippen LogP contribution in [-0.4, -0.2) is 81.8 Å². The lowest BCUT2D eigenvalue weighted by Crippen LogP contribution is -2.35. The maximum absolute atomic E-state index is 15.6. The van der Waals surface area contributed by atoms with E-state index < -0.39 is 146 Å². The number of alkyl halides is 8. The predicted octanol–water partition coefficient (Wildman–Crippen LogP) is 8.19. The molecule has 2 aliphatic rings. The number of fused-ring (bicyclic) bond motifs is 4. The first kappa shape index (κ1) is 53.2. The van der Waals surface area contributed by atoms with Crippen LogP contribution in [0.5, 0.6) is 0 Å². The van der Waals surface area contributed by atoms with Gasteiger partial charge < -0.3 is 14.6 Å². The molecule has 5 aromatic rings. The van der Waals surface area contributed by atoms with Crippen molar-refractivity contribution in [2.24, 2.45) is 5.92 Å². The number of carbonyl (C=O) groups is 2. The molecule has 0 bridgehead atoms. The van der Waals surface area contributed by atoms with Crippen LogP contribution in [0.15, 0.2) is 42.5 Å². The van der Waals surface area contributed by atoms with Crippen LogP contribution in [0.3, 0.4) is 0 Å². The number of rotatable bonds is 16. The Balaban J connectivity index is 1.43. The first-order valence-corrected chi connectivity index (χ1v) is 24.5. The molecule has 0 saturated heterocycles. The van der Waals surface area contributed by atoms with Gasteiger partial charge in [0.05, 0.1) is 34.5 Å². The Morgan fingerprint density at radius 2 is 1.70 bits per heavy atom. The topological polar surface area (TPSA) is 181 Å². The standard InChI is InChI=1S/C44H40ClF10N7O7S2/c1-5-6-34(64)69-21-60(70(65)66)18-32-36-30(45)10-9-27(38(36)62(58-32)20-42(48,49)50)26-8-7-25(11-12-41(2,3)71(4,67)68)56-37(26)31(15-22-13-23(46)16-24(47)14-22)57-33(63)19-61-40-35(39(59-61)44(53,54)55)28-17-29(28)43(40,51)52/h7-10,13-14,16,28-29,31H,5-6,15,17-21H2,1-4H3,(H,57,63)(H,65,66)/p-1/t28-,29+,31?/m0/s1. The summed E-state index contributed by atoms with van der Waals surface area (Å²) in [6.45, 7) is -0.637. The molecule has 2 aromatic carbocycles. The summed E-state index contributed by atoms with van der Waals surface area (Å²) in [4.78, 5) is 30.8. The van der Waals surface area contributed by atoms with Gasteiger partial charge in [0.1, 0.15) is 40.9 Å². The molecule has 14 nitrogen and oxygen atoms in total. The van der Waals surface area contributed by atoms with Gasteiger partial charge in [-0.1, -0.05) is 30.5 Å². The summed E-state index contributed by atoms with van der Waals surface area (Å²) in [6, 6.07) is 5.23. The molecule has 71 heavy (non-hydrogen) atoms. The van der Waals surface area contributed by atoms with E-state index in [-0.39, 0.29) is 56.0 Å². The second kappa shape index (κ2) is 19.4. The van der Waals surface area contributed by atoms with Gasteiger partial charge in [0.15, 0.2) is 22.3 Å². The van der Waals surface area contributed by atoms with Crippen molar-refractivity contribution in [1.29, 1.82) is 0 Å². The highest BCUT2D eigenvalue weighted by Crippen LogP contribution is 2.68. The number of hydrogen-bond donors (Lipinski definition) is 1. The second-order valence-electron chi connectivity index (χ2n) is 17.4. The van der Waals surface area contributed by atoms with Gasteiger partial charge in [0, 0.05) is 58.0 Å². The zero-order chi connectivity index (χ0) is 52.3. The summed E-state index contributed by atoms with van der Waals surface area (Å²) in [5.41, 5.74) is -5.62. The van der Waals surface area contributed by atoms with Gasteiger partial charge in [-0.3, -0.25) is 23.2 Å². The maximum atomic E-state index is 15.6. The van der Waals surface area contributed by atoms with Crippen LogP contribution < -0.4 is 5.32 Å². The van der Waals surface area contributed by atoms with E-state index in [9.17, 15) is 61.9 Å². The number of pyridine rings is 1. The molecule has 7 rings (SSSR count). The number of sulfone groups is 1. The lowest BCUT2D eigenvalue weighted by molar-refractivity contribution is -0.147. The highest BCUT2D eigenvalue weighted by Gasteiger charge is 2.68. The molecule has 1 N–H and O–H groups in total. The Hall–Kier alpha value is -5.62. The number of nitrogens with zero attached hydrogens (tertiary/aromatic N) is 6. The number of amides is 1. The molecule has 1 amide bonds. The molecule has 3 heterocycles. The number of ether oxygens (including phenoxy) is 1. The maximum Gasteiger partial charge on any atom is 0.435 e. The van der Waals surface area contributed by atoms with Gasteiger partial charge >= 0.3 is 18.3 Å². The molecular weight excluding hydrogens is 1030 g/mol. The highest BCUT2D eigenvalue weighted by atomic mass is 35.5. The zero-order valence-corrected chi connectivity index (χ0v) is 39.8. The molecule has 0 radical (unpaired) electrons. The van der Waals surface area contributed by atoms with E-state index in [1.54, 1.807) is 6.92 Å². The normalized spacial score (nSPS) is 17.4. The fourth-order valence-corrected chi connectivity index (χ4v) is 9.05. The molecule has 0 aliphatic heterocycles. The lowest BCUT2D eigenvalue weighted by atomic mass is 9.93. The highest BCUT2D eigenvalue weighted by molar-refractivity contribution is 7.92. The third kappa shape index (κ3) is 11.4. The van der Waals surface area contributed by atoms with E-state index in [2.05, 4.69) is 32.3 Å². The first-order valence-electron chi connectivity index (χ1n) is 21.2. The third-order valence-corrected chi connectivity index (χ3v) is 14.7. The van der Waals surface area contributed by atoms with Crippen molar-refractivity contribution in [3.63, 3.8) is 0 Å². The molecule has 2 aliphatic carbocycles. The van der Waals surface area contributed by atoms with E-state index >= 15 is 8.78 Å². The van der Waals surface area contributed by atoms with E-state index in [0.717, 1.165) is 18.4 Å². The van der Waals surface area contributed by atoms with E-state index in [1.807, 2.05) is 0 Å². The Morgan fingerprint density at radius 1 is 1.04 bits per heavy atom. The molecule has 2 unspecified atom stereocenters. The molecule has 27 heteroatoms. The average molecular weight is 1070 g/mol. The summed E-state index contributed by atoms with van der Waals surface area (Å²) in [7, 11) is -3.88. The van der Waals surface area contributed by atoms with Crippen LogP contribution in [0.1, 0.15) is 91.6 Å². The Kier molecular flexibility index (Phi) is 14.6. The fourth-order valence-electron chi connectivity index (χ4n) is 8.19. The van der Waals surface area contributed by atoms with Gasteiger partial charge in [0.25, 0.3) is 5.92 Å². The smallest absolute Gasteiger partial charge is 0.435 e. The van der Waals surface area contributed by atoms with Gasteiger partial charge in [-0.2, -0.15) is 49.6 Å². The van der Waals surface area contributed by atoms with Crippen molar-refractivity contribution in [1.82, 2.24) is 34.2 Å². The Morgan fingerprint density at radius 3 is 2.31 bits per heavy atom. The van der Waals surface area contributed by atoms with Gasteiger partial charge in [0.2, 0.25) is 5.91 Å². The minimum absolute atomic E-state index is 0.0928. The van der Waals surface area contributed by atoms with Gasteiger partial charge in [-0.15, -0.1) is 0 Å². The van der Waals surface area contributed by atoms with Crippen LogP contribution in [0.4, 0.5) is 43.9 Å². The number of carbonyl (C=O) groups excluding carboxylic acids is 2.